The predicted molar refractivity (Wildman–Crippen MR) is 332 cm³/mol. The van der Waals surface area contributed by atoms with Gasteiger partial charge in [0.15, 0.2) is 0 Å². The standard InChI is InChI=1S/C67H125N2O6P/c1-6-8-10-12-14-16-18-20-22-24-26-28-29-30-31-32-33-34-35-36-37-38-39-41-43-45-47-49-51-53-55-57-59-61-67(71)68-65(64-75-76(72,73)74-63-62-69(3,4)5)66(70)60-58-56-54-52-50-48-46-44-42-40-27-25-23-21-19-17-15-13-11-9-7-2/h8,10,14,16,20,22,26,28,30-31,33-34,65-66,70H,6-7,9,11-13,15,17-19,21,23-25,27,29,32,35-64H2,1-5H3,(H-,68,71,72,73)/p+1/b10-8-,16-14-,22-20-,28-26-,31-30-,34-33-. The van der Waals surface area contributed by atoms with Crippen molar-refractivity contribution < 1.29 is 32.9 Å². The zero-order valence-corrected chi connectivity index (χ0v) is 51.6. The third-order valence-corrected chi connectivity index (χ3v) is 15.5. The van der Waals surface area contributed by atoms with Crippen molar-refractivity contribution in [1.82, 2.24) is 5.32 Å². The van der Waals surface area contributed by atoms with Crippen LogP contribution < -0.4 is 5.32 Å². The number of phosphoric ester groups is 1. The quantitative estimate of drug-likeness (QED) is 0.0243. The first-order valence-electron chi connectivity index (χ1n) is 32.3. The summed E-state index contributed by atoms with van der Waals surface area (Å²) in [5.41, 5.74) is 0. The number of unbranched alkanes of at least 4 members (excludes halogenated alkanes) is 34. The average molecular weight is 1090 g/mol. The molecule has 1 amide bonds. The summed E-state index contributed by atoms with van der Waals surface area (Å²) in [6.45, 7) is 4.81. The Morgan fingerprint density at radius 1 is 0.461 bits per heavy atom. The number of nitrogens with zero attached hydrogens (tertiary/aromatic N) is 1. The van der Waals surface area contributed by atoms with Gasteiger partial charge in [0.25, 0.3) is 0 Å². The third kappa shape index (κ3) is 59.6. The fourth-order valence-electron chi connectivity index (χ4n) is 9.47. The van der Waals surface area contributed by atoms with Crippen molar-refractivity contribution in [3.8, 4) is 0 Å². The molecule has 3 unspecified atom stereocenters. The van der Waals surface area contributed by atoms with Gasteiger partial charge in [0.2, 0.25) is 5.91 Å². The highest BCUT2D eigenvalue weighted by molar-refractivity contribution is 7.47. The van der Waals surface area contributed by atoms with E-state index in [4.69, 9.17) is 9.05 Å². The van der Waals surface area contributed by atoms with Gasteiger partial charge >= 0.3 is 7.82 Å². The fraction of sp³-hybridized carbons (Fsp3) is 0.806. The maximum absolute atomic E-state index is 13.0. The van der Waals surface area contributed by atoms with Crippen molar-refractivity contribution in [2.24, 2.45) is 0 Å². The molecule has 9 heteroatoms. The van der Waals surface area contributed by atoms with Gasteiger partial charge in [0.05, 0.1) is 39.9 Å². The van der Waals surface area contributed by atoms with E-state index in [9.17, 15) is 19.4 Å². The Balaban J connectivity index is 4.07. The predicted octanol–water partition coefficient (Wildman–Crippen LogP) is 20.2. The van der Waals surface area contributed by atoms with E-state index < -0.39 is 20.0 Å². The second-order valence-electron chi connectivity index (χ2n) is 23.1. The zero-order chi connectivity index (χ0) is 55.6. The molecule has 0 rings (SSSR count). The van der Waals surface area contributed by atoms with Gasteiger partial charge in [-0.15, -0.1) is 0 Å². The maximum Gasteiger partial charge on any atom is 0.472 e. The van der Waals surface area contributed by atoms with Crippen LogP contribution in [-0.4, -0.2) is 73.4 Å². The van der Waals surface area contributed by atoms with E-state index in [1.807, 2.05) is 21.1 Å². The van der Waals surface area contributed by atoms with E-state index in [-0.39, 0.29) is 19.1 Å². The molecule has 0 aliphatic rings. The topological polar surface area (TPSA) is 105 Å². The number of carbonyl (C=O) groups excluding carboxylic acids is 1. The Bertz CT molecular complexity index is 1470. The fourth-order valence-corrected chi connectivity index (χ4v) is 10.2. The van der Waals surface area contributed by atoms with Gasteiger partial charge in [-0.2, -0.15) is 0 Å². The number of hydrogen-bond donors (Lipinski definition) is 3. The maximum atomic E-state index is 13.0. The largest absolute Gasteiger partial charge is 0.472 e. The second-order valence-corrected chi connectivity index (χ2v) is 24.6. The Hall–Kier alpha value is -2.06. The van der Waals surface area contributed by atoms with Crippen LogP contribution in [0.4, 0.5) is 0 Å². The van der Waals surface area contributed by atoms with E-state index >= 15 is 0 Å². The molecule has 76 heavy (non-hydrogen) atoms. The van der Waals surface area contributed by atoms with Gasteiger partial charge in [-0.3, -0.25) is 13.8 Å². The van der Waals surface area contributed by atoms with Crippen LogP contribution in [0.3, 0.4) is 0 Å². The van der Waals surface area contributed by atoms with Crippen LogP contribution in [0.15, 0.2) is 72.9 Å². The summed E-state index contributed by atoms with van der Waals surface area (Å²) in [4.78, 5) is 23.4. The SMILES string of the molecule is CC/C=C\C/C=C\C/C=C\C/C=C\C/C=C\C/C=C\CCCCCCCCCCCCCCCCC(=O)NC(COP(=O)(O)OCC[N+](C)(C)C)C(O)CCCCCCCCCCCCCCCCCCCCCCC. The lowest BCUT2D eigenvalue weighted by Gasteiger charge is -2.26. The van der Waals surface area contributed by atoms with Gasteiger partial charge in [-0.05, 0) is 64.2 Å². The van der Waals surface area contributed by atoms with Gasteiger partial charge in [0, 0.05) is 6.42 Å². The van der Waals surface area contributed by atoms with Crippen LogP contribution in [-0.2, 0) is 18.4 Å². The van der Waals surface area contributed by atoms with E-state index in [0.29, 0.717) is 23.9 Å². The molecule has 0 saturated carbocycles. The zero-order valence-electron chi connectivity index (χ0n) is 50.7. The Kier molecular flexibility index (Phi) is 56.1. The van der Waals surface area contributed by atoms with Gasteiger partial charge < -0.3 is 19.8 Å². The molecule has 0 aliphatic carbocycles. The normalized spacial score (nSPS) is 14.2. The van der Waals surface area contributed by atoms with E-state index in [0.717, 1.165) is 77.0 Å². The van der Waals surface area contributed by atoms with Crippen LogP contribution in [0.25, 0.3) is 0 Å². The summed E-state index contributed by atoms with van der Waals surface area (Å²) in [5.74, 6) is -0.143. The summed E-state index contributed by atoms with van der Waals surface area (Å²) in [5, 5.41) is 14.1. The number of likely N-dealkylation sites (N-methyl/N-ethyl adjacent to an activating group) is 1. The first-order valence-corrected chi connectivity index (χ1v) is 33.8. The highest BCUT2D eigenvalue weighted by Gasteiger charge is 2.28. The van der Waals surface area contributed by atoms with Gasteiger partial charge in [0.1, 0.15) is 13.2 Å². The Morgan fingerprint density at radius 2 is 0.789 bits per heavy atom. The number of hydrogen-bond acceptors (Lipinski definition) is 5. The molecule has 0 aliphatic heterocycles. The molecule has 0 spiro atoms. The Labute approximate surface area is 472 Å². The minimum absolute atomic E-state index is 0.0734. The molecule has 0 fully saturated rings. The van der Waals surface area contributed by atoms with Crippen LogP contribution in [0.1, 0.15) is 296 Å². The lowest BCUT2D eigenvalue weighted by molar-refractivity contribution is -0.870. The molecule has 3 atom stereocenters. The molecule has 8 nitrogen and oxygen atoms in total. The van der Waals surface area contributed by atoms with Gasteiger partial charge in [-0.1, -0.05) is 299 Å². The molecule has 0 radical (unpaired) electrons. The molecule has 444 valence electrons. The van der Waals surface area contributed by atoms with Crippen molar-refractivity contribution in [3.05, 3.63) is 72.9 Å². The number of nitrogens with one attached hydrogen (secondary N) is 1. The summed E-state index contributed by atoms with van der Waals surface area (Å²) in [6.07, 6.45) is 79.7. The number of aliphatic hydroxyl groups excluding tert-OH is 1. The minimum Gasteiger partial charge on any atom is -0.391 e. The lowest BCUT2D eigenvalue weighted by atomic mass is 10.0. The first kappa shape index (κ1) is 73.9. The summed E-state index contributed by atoms with van der Waals surface area (Å²) < 4.78 is 23.9. The number of rotatable bonds is 59. The smallest absolute Gasteiger partial charge is 0.391 e. The van der Waals surface area contributed by atoms with E-state index in [1.165, 1.54) is 193 Å². The number of phosphoric acid groups is 1. The molecule has 0 bridgehead atoms. The van der Waals surface area contributed by atoms with E-state index in [1.54, 1.807) is 0 Å². The molecule has 0 saturated heterocycles. The van der Waals surface area contributed by atoms with Gasteiger partial charge in [-0.25, -0.2) is 4.57 Å². The number of aliphatic hydroxyl groups is 1. The van der Waals surface area contributed by atoms with Crippen molar-refractivity contribution >= 4 is 13.7 Å². The molecular weight excluding hydrogens is 960 g/mol. The molecule has 0 aromatic carbocycles. The average Bonchev–Trinajstić information content (AvgIpc) is 3.38. The monoisotopic (exact) mass is 1090 g/mol. The van der Waals surface area contributed by atoms with Crippen LogP contribution in [0, 0.1) is 0 Å². The number of amides is 1. The van der Waals surface area contributed by atoms with Crippen molar-refractivity contribution in [1.29, 1.82) is 0 Å². The Morgan fingerprint density at radius 3 is 1.16 bits per heavy atom. The second kappa shape index (κ2) is 57.6. The first-order chi connectivity index (χ1) is 37.0. The van der Waals surface area contributed by atoms with Crippen molar-refractivity contribution in [3.63, 3.8) is 0 Å². The summed E-state index contributed by atoms with van der Waals surface area (Å²) >= 11 is 0. The summed E-state index contributed by atoms with van der Waals surface area (Å²) in [6, 6.07) is -0.765. The molecule has 0 aromatic heterocycles. The number of quaternary nitrogens is 1. The van der Waals surface area contributed by atoms with Crippen LogP contribution in [0.5, 0.6) is 0 Å². The van der Waals surface area contributed by atoms with E-state index in [2.05, 4.69) is 92.1 Å². The summed E-state index contributed by atoms with van der Waals surface area (Å²) in [7, 11) is 1.62. The number of carbonyl (C=O) groups is 1. The minimum atomic E-state index is -4.33. The highest BCUT2D eigenvalue weighted by Crippen LogP contribution is 2.43. The molecule has 0 aromatic rings. The third-order valence-electron chi connectivity index (χ3n) is 14.5. The number of allylic oxidation sites excluding steroid dienone is 12. The lowest BCUT2D eigenvalue weighted by Crippen LogP contribution is -2.46. The van der Waals surface area contributed by atoms with Crippen molar-refractivity contribution in [2.45, 2.75) is 309 Å². The van der Waals surface area contributed by atoms with Crippen LogP contribution >= 0.6 is 7.82 Å². The van der Waals surface area contributed by atoms with Crippen molar-refractivity contribution in [2.75, 3.05) is 40.9 Å². The highest BCUT2D eigenvalue weighted by atomic mass is 31.2. The molecule has 3 N–H and O–H groups in total. The van der Waals surface area contributed by atoms with Crippen LogP contribution in [0.2, 0.25) is 0 Å². The molecule has 0 heterocycles. The molecular formula is C67H126N2O6P+.